The normalized spacial score (nSPS) is 13.3. The van der Waals surface area contributed by atoms with Gasteiger partial charge in [0, 0.05) is 22.1 Å². The van der Waals surface area contributed by atoms with Crippen molar-refractivity contribution >= 4 is 21.5 Å². The van der Waals surface area contributed by atoms with Gasteiger partial charge in [0.2, 0.25) is 0 Å². The summed E-state index contributed by atoms with van der Waals surface area (Å²) in [5.74, 6) is 2.03. The minimum Gasteiger partial charge on any atom is -0.208 e. The van der Waals surface area contributed by atoms with E-state index in [-0.39, 0.29) is 5.41 Å². The predicted octanol–water partition coefficient (Wildman–Crippen LogP) is 9.79. The van der Waals surface area contributed by atoms with Crippen molar-refractivity contribution in [1.82, 2.24) is 15.0 Å². The van der Waals surface area contributed by atoms with Gasteiger partial charge in [-0.2, -0.15) is 0 Å². The van der Waals surface area contributed by atoms with Gasteiger partial charge < -0.3 is 0 Å². The van der Waals surface area contributed by atoms with Gasteiger partial charge >= 0.3 is 0 Å². The first kappa shape index (κ1) is 24.6. The molecule has 42 heavy (non-hydrogen) atoms. The molecular weight excluding hydrogens is 510 g/mol. The zero-order valence-electron chi connectivity index (χ0n) is 23.9. The predicted molar refractivity (Wildman–Crippen MR) is 173 cm³/mol. The number of hydrogen-bond donors (Lipinski definition) is 0. The van der Waals surface area contributed by atoms with Crippen LogP contribution in [-0.4, -0.2) is 15.0 Å². The summed E-state index contributed by atoms with van der Waals surface area (Å²) >= 11 is 0. The van der Waals surface area contributed by atoms with Gasteiger partial charge in [0.25, 0.3) is 0 Å². The summed E-state index contributed by atoms with van der Waals surface area (Å²) in [5, 5.41) is 4.72. The Hall–Kier alpha value is -5.15. The standard InChI is InChI=1S/C39H29N3/c1-24-12-18-32-33-19-17-31(23-35(33)39(2,3)34(32)20-24)38-41-36(29-15-13-25-8-4-6-10-27(25)21-29)40-37(42-38)30-16-14-26-9-5-7-11-28(26)22-30/h4-23H,1-3H3. The van der Waals surface area contributed by atoms with Gasteiger partial charge in [-0.25, -0.2) is 15.0 Å². The van der Waals surface area contributed by atoms with E-state index < -0.39 is 0 Å². The lowest BCUT2D eigenvalue weighted by molar-refractivity contribution is 0.660. The summed E-state index contributed by atoms with van der Waals surface area (Å²) < 4.78 is 0. The molecule has 1 aliphatic carbocycles. The average Bonchev–Trinajstić information content (AvgIpc) is 3.25. The molecule has 3 heteroatoms. The van der Waals surface area contributed by atoms with Crippen molar-refractivity contribution in [2.24, 2.45) is 0 Å². The SMILES string of the molecule is Cc1ccc2c(c1)C(C)(C)c1cc(-c3nc(-c4ccc5ccccc5c4)nc(-c4ccc5ccccc5c4)n3)ccc1-2. The Labute approximate surface area is 245 Å². The van der Waals surface area contributed by atoms with Crippen LogP contribution in [0.2, 0.25) is 0 Å². The molecule has 1 heterocycles. The van der Waals surface area contributed by atoms with Crippen molar-refractivity contribution in [3.63, 3.8) is 0 Å². The molecule has 7 aromatic rings. The highest BCUT2D eigenvalue weighted by Crippen LogP contribution is 2.49. The van der Waals surface area contributed by atoms with E-state index in [1.54, 1.807) is 0 Å². The number of hydrogen-bond acceptors (Lipinski definition) is 3. The third kappa shape index (κ3) is 3.93. The van der Waals surface area contributed by atoms with Crippen molar-refractivity contribution in [2.75, 3.05) is 0 Å². The summed E-state index contributed by atoms with van der Waals surface area (Å²) in [6.07, 6.45) is 0. The van der Waals surface area contributed by atoms with Crippen LogP contribution in [0.3, 0.4) is 0 Å². The molecule has 1 aromatic heterocycles. The van der Waals surface area contributed by atoms with Crippen molar-refractivity contribution in [3.05, 3.63) is 138 Å². The van der Waals surface area contributed by atoms with E-state index in [4.69, 9.17) is 15.0 Å². The number of rotatable bonds is 3. The first-order valence-corrected chi connectivity index (χ1v) is 14.4. The maximum absolute atomic E-state index is 5.08. The van der Waals surface area contributed by atoms with E-state index in [0.717, 1.165) is 27.5 Å². The topological polar surface area (TPSA) is 38.7 Å². The Morgan fingerprint density at radius 1 is 0.429 bits per heavy atom. The van der Waals surface area contributed by atoms with E-state index in [9.17, 15) is 0 Å². The molecule has 3 nitrogen and oxygen atoms in total. The highest BCUT2D eigenvalue weighted by molar-refractivity contribution is 5.89. The molecule has 6 aromatic carbocycles. The van der Waals surface area contributed by atoms with Gasteiger partial charge in [-0.3, -0.25) is 0 Å². The Kier molecular flexibility index (Phi) is 5.39. The van der Waals surface area contributed by atoms with E-state index in [1.165, 1.54) is 38.6 Å². The summed E-state index contributed by atoms with van der Waals surface area (Å²) in [5.41, 5.74) is 9.41. The third-order valence-corrected chi connectivity index (χ3v) is 8.74. The van der Waals surface area contributed by atoms with Gasteiger partial charge in [0.05, 0.1) is 0 Å². The maximum Gasteiger partial charge on any atom is 0.164 e. The number of benzene rings is 6. The highest BCUT2D eigenvalue weighted by atomic mass is 15.0. The Morgan fingerprint density at radius 3 is 1.40 bits per heavy atom. The lowest BCUT2D eigenvalue weighted by atomic mass is 9.81. The average molecular weight is 540 g/mol. The fraction of sp³-hybridized carbons (Fsp3) is 0.103. The van der Waals surface area contributed by atoms with E-state index in [2.05, 4.69) is 142 Å². The molecule has 0 saturated heterocycles. The highest BCUT2D eigenvalue weighted by Gasteiger charge is 2.35. The van der Waals surface area contributed by atoms with Crippen LogP contribution in [0.4, 0.5) is 0 Å². The van der Waals surface area contributed by atoms with Crippen LogP contribution in [0.5, 0.6) is 0 Å². The number of fused-ring (bicyclic) bond motifs is 5. The minimum atomic E-state index is -0.109. The van der Waals surface area contributed by atoms with Gasteiger partial charge in [0.1, 0.15) is 0 Å². The van der Waals surface area contributed by atoms with Crippen molar-refractivity contribution in [2.45, 2.75) is 26.2 Å². The molecule has 0 unspecified atom stereocenters. The zero-order valence-corrected chi connectivity index (χ0v) is 23.9. The first-order valence-electron chi connectivity index (χ1n) is 14.4. The van der Waals surface area contributed by atoms with Crippen molar-refractivity contribution < 1.29 is 0 Å². The second kappa shape index (κ2) is 9.19. The molecule has 0 atom stereocenters. The molecular formula is C39H29N3. The fourth-order valence-electron chi connectivity index (χ4n) is 6.41. The van der Waals surface area contributed by atoms with Crippen LogP contribution >= 0.6 is 0 Å². The molecule has 0 bridgehead atoms. The molecule has 1 aliphatic rings. The summed E-state index contributed by atoms with van der Waals surface area (Å²) in [7, 11) is 0. The van der Waals surface area contributed by atoms with Gasteiger partial charge in [-0.15, -0.1) is 0 Å². The quantitative estimate of drug-likeness (QED) is 0.224. The van der Waals surface area contributed by atoms with Crippen LogP contribution in [0.15, 0.2) is 121 Å². The van der Waals surface area contributed by atoms with Crippen LogP contribution in [-0.2, 0) is 5.41 Å². The molecule has 200 valence electrons. The lowest BCUT2D eigenvalue weighted by Crippen LogP contribution is -2.15. The molecule has 0 saturated carbocycles. The van der Waals surface area contributed by atoms with Crippen LogP contribution in [0.1, 0.15) is 30.5 Å². The minimum absolute atomic E-state index is 0.109. The molecule has 0 spiro atoms. The molecule has 0 radical (unpaired) electrons. The van der Waals surface area contributed by atoms with Crippen molar-refractivity contribution in [1.29, 1.82) is 0 Å². The van der Waals surface area contributed by atoms with Crippen LogP contribution < -0.4 is 0 Å². The van der Waals surface area contributed by atoms with Gasteiger partial charge in [-0.1, -0.05) is 123 Å². The third-order valence-electron chi connectivity index (χ3n) is 8.74. The summed E-state index contributed by atoms with van der Waals surface area (Å²) in [4.78, 5) is 15.2. The fourth-order valence-corrected chi connectivity index (χ4v) is 6.41. The van der Waals surface area contributed by atoms with E-state index >= 15 is 0 Å². The molecule has 8 rings (SSSR count). The molecule has 0 N–H and O–H groups in total. The van der Waals surface area contributed by atoms with E-state index in [1.807, 2.05) is 0 Å². The zero-order chi connectivity index (χ0) is 28.4. The Balaban J connectivity index is 1.32. The largest absolute Gasteiger partial charge is 0.208 e. The number of aryl methyl sites for hydroxylation is 1. The Morgan fingerprint density at radius 2 is 0.857 bits per heavy atom. The molecule has 0 aliphatic heterocycles. The molecule has 0 amide bonds. The monoisotopic (exact) mass is 539 g/mol. The van der Waals surface area contributed by atoms with Gasteiger partial charge in [-0.05, 0) is 68.9 Å². The lowest BCUT2D eigenvalue weighted by Gasteiger charge is -2.22. The maximum atomic E-state index is 5.08. The second-order valence-electron chi connectivity index (χ2n) is 11.9. The number of aromatic nitrogens is 3. The first-order chi connectivity index (χ1) is 20.4. The van der Waals surface area contributed by atoms with E-state index in [0.29, 0.717) is 17.5 Å². The van der Waals surface area contributed by atoms with Gasteiger partial charge in [0.15, 0.2) is 17.5 Å². The second-order valence-corrected chi connectivity index (χ2v) is 11.9. The Bertz CT molecular complexity index is 2090. The van der Waals surface area contributed by atoms with Crippen molar-refractivity contribution in [3.8, 4) is 45.3 Å². The van der Waals surface area contributed by atoms with Crippen LogP contribution in [0, 0.1) is 6.92 Å². The molecule has 0 fully saturated rings. The smallest absolute Gasteiger partial charge is 0.164 e. The number of nitrogens with zero attached hydrogens (tertiary/aromatic N) is 3. The summed E-state index contributed by atoms with van der Waals surface area (Å²) in [6, 6.07) is 43.1. The summed E-state index contributed by atoms with van der Waals surface area (Å²) in [6.45, 7) is 6.79. The van der Waals surface area contributed by atoms with Crippen LogP contribution in [0.25, 0.3) is 66.8 Å².